The van der Waals surface area contributed by atoms with Crippen LogP contribution in [0.1, 0.15) is 12.0 Å². The summed E-state index contributed by atoms with van der Waals surface area (Å²) in [4.78, 5) is 9.29. The number of rotatable bonds is 6. The van der Waals surface area contributed by atoms with Crippen molar-refractivity contribution in [3.63, 3.8) is 0 Å². The Labute approximate surface area is 163 Å². The smallest absolute Gasteiger partial charge is 0.180 e. The van der Waals surface area contributed by atoms with E-state index in [1.54, 1.807) is 13.3 Å². The summed E-state index contributed by atoms with van der Waals surface area (Å²) in [6.07, 6.45) is 7.38. The van der Waals surface area contributed by atoms with E-state index in [4.69, 9.17) is 20.9 Å². The highest BCUT2D eigenvalue weighted by molar-refractivity contribution is 6.08. The maximum absolute atomic E-state index is 7.58. The van der Waals surface area contributed by atoms with E-state index in [2.05, 4.69) is 15.6 Å². The zero-order valence-corrected chi connectivity index (χ0v) is 15.6. The largest absolute Gasteiger partial charge is 0.493 e. The highest BCUT2D eigenvalue weighted by atomic mass is 16.5. The number of fused-ring (bicyclic) bond motifs is 1. The Balaban J connectivity index is 1.78. The van der Waals surface area contributed by atoms with E-state index in [0.717, 1.165) is 42.3 Å². The molecule has 1 fully saturated rings. The molecule has 1 aliphatic heterocycles. The molecule has 4 heterocycles. The van der Waals surface area contributed by atoms with Crippen molar-refractivity contribution in [2.24, 2.45) is 5.73 Å². The number of nitrogens with zero attached hydrogens (tertiary/aromatic N) is 3. The Hall–Kier alpha value is -3.39. The van der Waals surface area contributed by atoms with Gasteiger partial charge in [0.25, 0.3) is 0 Å². The van der Waals surface area contributed by atoms with Crippen LogP contribution in [0.25, 0.3) is 22.6 Å². The average molecular weight is 377 g/mol. The Bertz CT molecular complexity index is 1030. The minimum absolute atomic E-state index is 0.390. The van der Waals surface area contributed by atoms with Crippen LogP contribution in [-0.2, 0) is 0 Å². The molecule has 0 bridgehead atoms. The fourth-order valence-electron chi connectivity index (χ4n) is 3.43. The first-order valence-electron chi connectivity index (χ1n) is 9.16. The summed E-state index contributed by atoms with van der Waals surface area (Å²) in [5.41, 5.74) is 9.36. The molecule has 1 aliphatic rings. The topological polar surface area (TPSA) is 113 Å². The number of imidazole rings is 1. The van der Waals surface area contributed by atoms with Crippen LogP contribution >= 0.6 is 0 Å². The minimum atomic E-state index is 0.390. The molecular formula is C20H23N7O. The highest BCUT2D eigenvalue weighted by Gasteiger charge is 2.16. The minimum Gasteiger partial charge on any atom is -0.493 e. The predicted molar refractivity (Wildman–Crippen MR) is 111 cm³/mol. The molecule has 8 nitrogen and oxygen atoms in total. The van der Waals surface area contributed by atoms with Gasteiger partial charge in [0.15, 0.2) is 11.4 Å². The first kappa shape index (κ1) is 18.0. The maximum Gasteiger partial charge on any atom is 0.180 e. The summed E-state index contributed by atoms with van der Waals surface area (Å²) in [6, 6.07) is 8.13. The molecule has 144 valence electrons. The van der Waals surface area contributed by atoms with Gasteiger partial charge in [-0.1, -0.05) is 6.07 Å². The molecule has 28 heavy (non-hydrogen) atoms. The molecule has 1 saturated heterocycles. The molecule has 4 rings (SSSR count). The van der Waals surface area contributed by atoms with Crippen molar-refractivity contribution in [3.8, 4) is 17.1 Å². The summed E-state index contributed by atoms with van der Waals surface area (Å²) in [7, 11) is 1.60. The van der Waals surface area contributed by atoms with Gasteiger partial charge >= 0.3 is 0 Å². The van der Waals surface area contributed by atoms with Gasteiger partial charge in [0, 0.05) is 42.3 Å². The standard InChI is InChI=1S/C20H23N7O/c1-28-18-7-13(14(8-21)9-22)12-27-17(11-24-20(18)27)16-3-2-4-19(26-16)25-15-5-6-23-10-15/h2-4,7-9,11-12,15,21,23H,5-6,10,22H2,1H3,(H,25,26)/b14-9+,21-8?. The first-order chi connectivity index (χ1) is 13.7. The van der Waals surface area contributed by atoms with Gasteiger partial charge in [-0.2, -0.15) is 0 Å². The van der Waals surface area contributed by atoms with Gasteiger partial charge in [-0.25, -0.2) is 9.97 Å². The van der Waals surface area contributed by atoms with Gasteiger partial charge in [0.05, 0.1) is 24.7 Å². The van der Waals surface area contributed by atoms with Crippen molar-refractivity contribution in [2.45, 2.75) is 12.5 Å². The second-order valence-electron chi connectivity index (χ2n) is 6.64. The van der Waals surface area contributed by atoms with Crippen molar-refractivity contribution in [3.05, 3.63) is 48.4 Å². The van der Waals surface area contributed by atoms with Crippen LogP contribution in [0.15, 0.2) is 42.9 Å². The molecule has 0 aliphatic carbocycles. The Morgan fingerprint density at radius 2 is 2.36 bits per heavy atom. The molecular weight excluding hydrogens is 354 g/mol. The van der Waals surface area contributed by atoms with Gasteiger partial charge in [0.1, 0.15) is 5.82 Å². The summed E-state index contributed by atoms with van der Waals surface area (Å²) < 4.78 is 7.42. The van der Waals surface area contributed by atoms with Gasteiger partial charge in [-0.3, -0.25) is 4.40 Å². The number of hydrogen-bond donors (Lipinski definition) is 4. The normalized spacial score (nSPS) is 17.0. The number of nitrogens with two attached hydrogens (primary N) is 1. The molecule has 0 amide bonds. The van der Waals surface area contributed by atoms with Crippen molar-refractivity contribution in [2.75, 3.05) is 25.5 Å². The maximum atomic E-state index is 7.58. The van der Waals surface area contributed by atoms with E-state index in [9.17, 15) is 0 Å². The third-order valence-corrected chi connectivity index (χ3v) is 4.88. The van der Waals surface area contributed by atoms with Crippen LogP contribution < -0.4 is 21.1 Å². The number of nitrogens with one attached hydrogen (secondary N) is 3. The van der Waals surface area contributed by atoms with Crippen LogP contribution in [-0.4, -0.2) is 46.8 Å². The highest BCUT2D eigenvalue weighted by Crippen LogP contribution is 2.29. The molecule has 3 aromatic rings. The lowest BCUT2D eigenvalue weighted by Gasteiger charge is -2.13. The van der Waals surface area contributed by atoms with Gasteiger partial charge in [0.2, 0.25) is 0 Å². The van der Waals surface area contributed by atoms with E-state index < -0.39 is 0 Å². The molecule has 8 heteroatoms. The summed E-state index contributed by atoms with van der Waals surface area (Å²) in [6.45, 7) is 1.97. The third-order valence-electron chi connectivity index (χ3n) is 4.88. The van der Waals surface area contributed by atoms with E-state index in [1.807, 2.05) is 34.9 Å². The van der Waals surface area contributed by atoms with Gasteiger partial charge in [-0.15, -0.1) is 0 Å². The summed E-state index contributed by atoms with van der Waals surface area (Å²) in [5, 5.41) is 14.4. The van der Waals surface area contributed by atoms with Crippen molar-refractivity contribution >= 4 is 23.3 Å². The second kappa shape index (κ2) is 7.69. The number of methoxy groups -OCH3 is 1. The fraction of sp³-hybridized carbons (Fsp3) is 0.250. The number of allylic oxidation sites excluding steroid dienone is 1. The van der Waals surface area contributed by atoms with Crippen molar-refractivity contribution in [1.29, 1.82) is 5.41 Å². The quantitative estimate of drug-likeness (QED) is 0.490. The Kier molecular flexibility index (Phi) is 4.94. The molecule has 0 radical (unpaired) electrons. The fourth-order valence-corrected chi connectivity index (χ4v) is 3.43. The molecule has 0 saturated carbocycles. The zero-order chi connectivity index (χ0) is 19.5. The Morgan fingerprint density at radius 1 is 1.46 bits per heavy atom. The molecule has 3 aromatic heterocycles. The lowest BCUT2D eigenvalue weighted by molar-refractivity contribution is 0.417. The third kappa shape index (κ3) is 3.29. The SMILES string of the molecule is COc1cc(/C(C=N)=C/N)cn2c(-c3cccc(NC4CCNC4)n3)cnc12. The van der Waals surface area contributed by atoms with E-state index in [-0.39, 0.29) is 0 Å². The van der Waals surface area contributed by atoms with Crippen molar-refractivity contribution < 1.29 is 4.74 Å². The number of hydrogen-bond acceptors (Lipinski definition) is 7. The molecule has 0 aromatic carbocycles. The summed E-state index contributed by atoms with van der Waals surface area (Å²) >= 11 is 0. The van der Waals surface area contributed by atoms with Crippen LogP contribution in [0.5, 0.6) is 5.75 Å². The van der Waals surface area contributed by atoms with Crippen LogP contribution in [0, 0.1) is 5.41 Å². The van der Waals surface area contributed by atoms with Gasteiger partial charge in [-0.05, 0) is 31.2 Å². The van der Waals surface area contributed by atoms with E-state index in [0.29, 0.717) is 23.0 Å². The molecule has 1 atom stereocenters. The predicted octanol–water partition coefficient (Wildman–Crippen LogP) is 2.13. The first-order valence-corrected chi connectivity index (χ1v) is 9.16. The van der Waals surface area contributed by atoms with Gasteiger partial charge < -0.3 is 26.5 Å². The Morgan fingerprint density at radius 3 is 3.07 bits per heavy atom. The van der Waals surface area contributed by atoms with Crippen molar-refractivity contribution in [1.82, 2.24) is 19.7 Å². The summed E-state index contributed by atoms with van der Waals surface area (Å²) in [5.74, 6) is 1.45. The van der Waals surface area contributed by atoms with E-state index >= 15 is 0 Å². The molecule has 5 N–H and O–H groups in total. The molecule has 0 spiro atoms. The van der Waals surface area contributed by atoms with Crippen LogP contribution in [0.2, 0.25) is 0 Å². The zero-order valence-electron chi connectivity index (χ0n) is 15.6. The number of aromatic nitrogens is 3. The number of ether oxygens (including phenoxy) is 1. The number of pyridine rings is 2. The monoisotopic (exact) mass is 377 g/mol. The van der Waals surface area contributed by atoms with Crippen LogP contribution in [0.3, 0.4) is 0 Å². The lowest BCUT2D eigenvalue weighted by Crippen LogP contribution is -2.22. The van der Waals surface area contributed by atoms with Crippen LogP contribution in [0.4, 0.5) is 5.82 Å². The second-order valence-corrected chi connectivity index (χ2v) is 6.64. The molecule has 1 unspecified atom stereocenters. The average Bonchev–Trinajstić information content (AvgIpc) is 3.38. The van der Waals surface area contributed by atoms with E-state index in [1.165, 1.54) is 12.4 Å². The number of anilines is 1. The lowest BCUT2D eigenvalue weighted by atomic mass is 10.1.